The number of rotatable bonds is 8. The summed E-state index contributed by atoms with van der Waals surface area (Å²) in [5.41, 5.74) is -1.96. The molecule has 0 amide bonds. The van der Waals surface area contributed by atoms with Crippen molar-refractivity contribution in [3.63, 3.8) is 0 Å². The smallest absolute Gasteiger partial charge is 0.452 e. The highest BCUT2D eigenvalue weighted by Gasteiger charge is 2.39. The number of benzene rings is 1. The quantitative estimate of drug-likeness (QED) is 0.540. The van der Waals surface area contributed by atoms with E-state index in [-0.39, 0.29) is 36.8 Å². The van der Waals surface area contributed by atoms with Crippen molar-refractivity contribution < 1.29 is 40.9 Å². The lowest BCUT2D eigenvalue weighted by Crippen LogP contribution is -2.45. The van der Waals surface area contributed by atoms with Crippen LogP contribution in [-0.4, -0.2) is 46.3 Å². The summed E-state index contributed by atoms with van der Waals surface area (Å²) in [5, 5.41) is 11.7. The predicted molar refractivity (Wildman–Crippen MR) is 107 cm³/mol. The number of anilines is 2. The number of nitrogens with zero attached hydrogens (tertiary/aromatic N) is 3. The summed E-state index contributed by atoms with van der Waals surface area (Å²) in [7, 11) is 1.28. The van der Waals surface area contributed by atoms with Gasteiger partial charge in [-0.3, -0.25) is 13.9 Å². The van der Waals surface area contributed by atoms with Gasteiger partial charge < -0.3 is 24.8 Å². The van der Waals surface area contributed by atoms with Crippen molar-refractivity contribution in [3.05, 3.63) is 45.1 Å². The lowest BCUT2D eigenvalue weighted by Gasteiger charge is -2.27. The molecule has 1 unspecified atom stereocenters. The molecule has 188 valence electrons. The third-order valence-corrected chi connectivity index (χ3v) is 4.82. The van der Waals surface area contributed by atoms with Gasteiger partial charge in [0.05, 0.1) is 6.42 Å². The number of hydrogen-bond acceptors (Lipinski definition) is 7. The molecule has 2 aromatic rings. The minimum absolute atomic E-state index is 0.0514. The summed E-state index contributed by atoms with van der Waals surface area (Å²) in [4.78, 5) is 26.5. The van der Waals surface area contributed by atoms with Gasteiger partial charge in [-0.25, -0.2) is 4.79 Å². The van der Waals surface area contributed by atoms with E-state index in [4.69, 9.17) is 9.84 Å². The first-order valence-corrected chi connectivity index (χ1v) is 9.88. The first-order chi connectivity index (χ1) is 15.8. The first-order valence-electron chi connectivity index (χ1n) is 9.88. The van der Waals surface area contributed by atoms with Crippen molar-refractivity contribution in [2.75, 3.05) is 23.4 Å². The third kappa shape index (κ3) is 5.76. The van der Waals surface area contributed by atoms with Crippen LogP contribution in [0.3, 0.4) is 0 Å². The number of halogens is 6. The van der Waals surface area contributed by atoms with E-state index in [0.29, 0.717) is 0 Å². The Morgan fingerprint density at radius 2 is 1.76 bits per heavy atom. The second kappa shape index (κ2) is 9.48. The third-order valence-electron chi connectivity index (χ3n) is 4.82. The normalized spacial score (nSPS) is 15.8. The van der Waals surface area contributed by atoms with Crippen LogP contribution in [0.15, 0.2) is 33.9 Å². The standard InChI is InChI=1S/C19H20F6N4O5/c1-27-14-13(15(31)29(17(27)32)7-3-9-30)28(8-6-18(20,21)22)16(26-14)33-11-4-2-5-12(10-11)34-19(23,24)25/h2,4-5,10,16,26,30H,3,6-9H2,1H3. The van der Waals surface area contributed by atoms with Crippen molar-refractivity contribution >= 4 is 11.5 Å². The zero-order chi connectivity index (χ0) is 25.3. The second-order valence-corrected chi connectivity index (χ2v) is 7.27. The Bertz CT molecular complexity index is 1140. The van der Waals surface area contributed by atoms with Crippen LogP contribution in [0.2, 0.25) is 0 Å². The van der Waals surface area contributed by atoms with Gasteiger partial charge in [-0.15, -0.1) is 13.2 Å². The van der Waals surface area contributed by atoms with Crippen molar-refractivity contribution in [2.24, 2.45) is 7.05 Å². The predicted octanol–water partition coefficient (Wildman–Crippen LogP) is 2.37. The highest BCUT2D eigenvalue weighted by atomic mass is 19.4. The van der Waals surface area contributed by atoms with Gasteiger partial charge in [0.25, 0.3) is 11.9 Å². The van der Waals surface area contributed by atoms with Crippen LogP contribution in [0.5, 0.6) is 11.5 Å². The van der Waals surface area contributed by atoms with Gasteiger partial charge in [0.1, 0.15) is 23.0 Å². The maximum absolute atomic E-state index is 13.0. The monoisotopic (exact) mass is 498 g/mol. The van der Waals surface area contributed by atoms with E-state index in [2.05, 4.69) is 10.1 Å². The molecule has 0 radical (unpaired) electrons. The summed E-state index contributed by atoms with van der Waals surface area (Å²) in [5.74, 6) is -0.944. The first kappa shape index (κ1) is 25.3. The van der Waals surface area contributed by atoms with Gasteiger partial charge in [-0.05, 0) is 18.6 Å². The number of aliphatic hydroxyl groups excluding tert-OH is 1. The Morgan fingerprint density at radius 3 is 2.38 bits per heavy atom. The molecule has 0 aliphatic carbocycles. The van der Waals surface area contributed by atoms with E-state index in [1.54, 1.807) is 0 Å². The fourth-order valence-corrected chi connectivity index (χ4v) is 3.36. The van der Waals surface area contributed by atoms with Gasteiger partial charge in [0, 0.05) is 32.8 Å². The molecular formula is C19H20F6N4O5. The summed E-state index contributed by atoms with van der Waals surface area (Å²) in [6, 6.07) is 4.30. The van der Waals surface area contributed by atoms with E-state index in [1.165, 1.54) is 19.2 Å². The van der Waals surface area contributed by atoms with E-state index < -0.39 is 48.9 Å². The zero-order valence-corrected chi connectivity index (χ0v) is 17.6. The molecule has 0 fully saturated rings. The van der Waals surface area contributed by atoms with Gasteiger partial charge in [-0.2, -0.15) is 13.2 Å². The van der Waals surface area contributed by atoms with E-state index in [9.17, 15) is 35.9 Å². The summed E-state index contributed by atoms with van der Waals surface area (Å²) < 4.78 is 87.6. The number of ether oxygens (including phenoxy) is 2. The molecule has 15 heteroatoms. The van der Waals surface area contributed by atoms with Gasteiger partial charge in [0.2, 0.25) is 0 Å². The Labute approximate surface area is 187 Å². The maximum atomic E-state index is 13.0. The molecule has 1 aromatic heterocycles. The molecule has 1 aliphatic heterocycles. The average Bonchev–Trinajstić information content (AvgIpc) is 3.07. The second-order valence-electron chi connectivity index (χ2n) is 7.27. The van der Waals surface area contributed by atoms with Crippen molar-refractivity contribution in [2.45, 2.75) is 38.3 Å². The largest absolute Gasteiger partial charge is 0.573 e. The number of fused-ring (bicyclic) bond motifs is 1. The van der Waals surface area contributed by atoms with Crippen LogP contribution < -0.4 is 30.9 Å². The number of aromatic nitrogens is 2. The topological polar surface area (TPSA) is 98.0 Å². The molecule has 3 rings (SSSR count). The van der Waals surface area contributed by atoms with Crippen LogP contribution in [0.1, 0.15) is 12.8 Å². The molecule has 0 saturated carbocycles. The number of nitrogens with one attached hydrogen (secondary N) is 1. The Morgan fingerprint density at radius 1 is 1.09 bits per heavy atom. The van der Waals surface area contributed by atoms with Crippen molar-refractivity contribution in [1.29, 1.82) is 0 Å². The maximum Gasteiger partial charge on any atom is 0.573 e. The number of aliphatic hydroxyl groups is 1. The van der Waals surface area contributed by atoms with Crippen LogP contribution in [0.25, 0.3) is 0 Å². The van der Waals surface area contributed by atoms with E-state index >= 15 is 0 Å². The lowest BCUT2D eigenvalue weighted by molar-refractivity contribution is -0.274. The van der Waals surface area contributed by atoms with E-state index in [1.807, 2.05) is 0 Å². The van der Waals surface area contributed by atoms with Gasteiger partial charge >= 0.3 is 18.2 Å². The minimum Gasteiger partial charge on any atom is -0.452 e. The molecule has 1 aliphatic rings. The van der Waals surface area contributed by atoms with Crippen LogP contribution >= 0.6 is 0 Å². The zero-order valence-electron chi connectivity index (χ0n) is 17.6. The minimum atomic E-state index is -4.98. The van der Waals surface area contributed by atoms with Crippen molar-refractivity contribution in [3.8, 4) is 11.5 Å². The molecule has 2 N–H and O–H groups in total. The SMILES string of the molecule is Cn1c2c(c(=O)n(CCCO)c1=O)N(CCC(F)(F)F)C(Oc1cccc(OC(F)(F)F)c1)N2. The Balaban J connectivity index is 1.99. The van der Waals surface area contributed by atoms with Gasteiger partial charge in [0.15, 0.2) is 0 Å². The Kier molecular flexibility index (Phi) is 7.05. The van der Waals surface area contributed by atoms with E-state index in [0.717, 1.165) is 26.2 Å². The van der Waals surface area contributed by atoms with Crippen LogP contribution in [-0.2, 0) is 13.6 Å². The Hall–Kier alpha value is -3.36. The molecule has 9 nitrogen and oxygen atoms in total. The molecule has 0 bridgehead atoms. The highest BCUT2D eigenvalue weighted by molar-refractivity contribution is 5.71. The molecular weight excluding hydrogens is 478 g/mol. The summed E-state index contributed by atoms with van der Waals surface area (Å²) in [6.45, 7) is -1.25. The average molecular weight is 498 g/mol. The molecule has 1 atom stereocenters. The highest BCUT2D eigenvalue weighted by Crippen LogP contribution is 2.34. The molecule has 2 heterocycles. The number of hydrogen-bond donors (Lipinski definition) is 2. The number of alkyl halides is 6. The summed E-state index contributed by atoms with van der Waals surface area (Å²) in [6.07, 6.45) is -12.3. The fourth-order valence-electron chi connectivity index (χ4n) is 3.36. The van der Waals surface area contributed by atoms with Crippen LogP contribution in [0, 0.1) is 0 Å². The molecule has 0 saturated heterocycles. The summed E-state index contributed by atoms with van der Waals surface area (Å²) >= 11 is 0. The lowest BCUT2D eigenvalue weighted by atomic mass is 10.3. The molecule has 1 aromatic carbocycles. The van der Waals surface area contributed by atoms with Gasteiger partial charge in [-0.1, -0.05) is 6.07 Å². The molecule has 34 heavy (non-hydrogen) atoms. The molecule has 0 spiro atoms. The fraction of sp³-hybridized carbons (Fsp3) is 0.474. The van der Waals surface area contributed by atoms with Crippen molar-refractivity contribution in [1.82, 2.24) is 9.13 Å². The van der Waals surface area contributed by atoms with Crippen LogP contribution in [0.4, 0.5) is 37.8 Å².